The first-order valence-corrected chi connectivity index (χ1v) is 6.69. The van der Waals surface area contributed by atoms with Crippen molar-refractivity contribution < 1.29 is 5.11 Å². The summed E-state index contributed by atoms with van der Waals surface area (Å²) in [5.74, 6) is 0. The molecule has 3 N–H and O–H groups in total. The first kappa shape index (κ1) is 14.9. The largest absolute Gasteiger partial charge is 0.396 e. The maximum atomic E-state index is 8.75. The number of thiocarbonyl (C=S) groups is 1. The summed E-state index contributed by atoms with van der Waals surface area (Å²) in [7, 11) is 2.05. The van der Waals surface area contributed by atoms with Gasteiger partial charge in [-0.1, -0.05) is 18.3 Å². The van der Waals surface area contributed by atoms with Crippen molar-refractivity contribution in [2.75, 3.05) is 25.1 Å². The highest BCUT2D eigenvalue weighted by Crippen LogP contribution is 2.21. The Balaban J connectivity index is 2.74. The minimum absolute atomic E-state index is 0.270. The van der Waals surface area contributed by atoms with Gasteiger partial charge in [0.05, 0.1) is 0 Å². The smallest absolute Gasteiger partial charge is 0.106 e. The second kappa shape index (κ2) is 7.34. The summed E-state index contributed by atoms with van der Waals surface area (Å²) in [6.45, 7) is 3.28. The monoisotopic (exact) mass is 266 g/mol. The predicted molar refractivity (Wildman–Crippen MR) is 81.3 cm³/mol. The van der Waals surface area contributed by atoms with Crippen molar-refractivity contribution in [1.82, 2.24) is 0 Å². The summed E-state index contributed by atoms with van der Waals surface area (Å²) in [4.78, 5) is 2.62. The topological polar surface area (TPSA) is 49.5 Å². The van der Waals surface area contributed by atoms with Gasteiger partial charge in [-0.05, 0) is 43.9 Å². The van der Waals surface area contributed by atoms with Crippen LogP contribution in [0.2, 0.25) is 0 Å². The quantitative estimate of drug-likeness (QED) is 0.587. The van der Waals surface area contributed by atoms with Gasteiger partial charge >= 0.3 is 0 Å². The van der Waals surface area contributed by atoms with E-state index in [1.54, 1.807) is 0 Å². The van der Waals surface area contributed by atoms with Gasteiger partial charge in [-0.3, -0.25) is 0 Å². The van der Waals surface area contributed by atoms with Crippen LogP contribution in [-0.4, -0.2) is 30.3 Å². The minimum Gasteiger partial charge on any atom is -0.396 e. The molecule has 1 aromatic rings. The van der Waals surface area contributed by atoms with Crippen LogP contribution in [0.5, 0.6) is 0 Å². The molecule has 0 amide bonds. The lowest BCUT2D eigenvalue weighted by atomic mass is 10.1. The lowest BCUT2D eigenvalue weighted by molar-refractivity contribution is 0.283. The number of nitrogens with two attached hydrogens (primary N) is 1. The van der Waals surface area contributed by atoms with Gasteiger partial charge in [0, 0.05) is 31.5 Å². The molecule has 0 atom stereocenters. The minimum atomic E-state index is 0.270. The maximum absolute atomic E-state index is 8.75. The molecule has 0 unspecified atom stereocenters. The van der Waals surface area contributed by atoms with Crippen LogP contribution >= 0.6 is 12.2 Å². The molecule has 0 aromatic heterocycles. The van der Waals surface area contributed by atoms with Gasteiger partial charge in [-0.2, -0.15) is 0 Å². The van der Waals surface area contributed by atoms with Crippen LogP contribution in [0.3, 0.4) is 0 Å². The Labute approximate surface area is 115 Å². The standard InChI is InChI=1S/C14H22N2OS/c1-11-6-7-12(14(15)18)13(10-11)16(2)8-4-3-5-9-17/h6-7,10,17H,3-5,8-9H2,1-2H3,(H2,15,18). The van der Waals surface area contributed by atoms with E-state index in [4.69, 9.17) is 23.1 Å². The van der Waals surface area contributed by atoms with Crippen molar-refractivity contribution in [3.8, 4) is 0 Å². The maximum Gasteiger partial charge on any atom is 0.106 e. The molecule has 0 heterocycles. The van der Waals surface area contributed by atoms with E-state index in [1.165, 1.54) is 5.56 Å². The Morgan fingerprint density at radius 3 is 2.67 bits per heavy atom. The fourth-order valence-electron chi connectivity index (χ4n) is 1.92. The number of benzene rings is 1. The average Bonchev–Trinajstić information content (AvgIpc) is 2.34. The molecular formula is C14H22N2OS. The van der Waals surface area contributed by atoms with Crippen molar-refractivity contribution in [2.45, 2.75) is 26.2 Å². The third-order valence-electron chi connectivity index (χ3n) is 2.98. The van der Waals surface area contributed by atoms with E-state index in [1.807, 2.05) is 12.1 Å². The van der Waals surface area contributed by atoms with E-state index in [2.05, 4.69) is 24.9 Å². The number of aliphatic hydroxyl groups is 1. The molecule has 1 rings (SSSR count). The molecule has 0 aliphatic carbocycles. The molecule has 18 heavy (non-hydrogen) atoms. The molecule has 0 saturated carbocycles. The van der Waals surface area contributed by atoms with Gasteiger partial charge in [0.25, 0.3) is 0 Å². The second-order valence-corrected chi connectivity index (χ2v) is 5.03. The third kappa shape index (κ3) is 4.27. The normalized spacial score (nSPS) is 10.4. The van der Waals surface area contributed by atoms with Gasteiger partial charge in [-0.25, -0.2) is 0 Å². The van der Waals surface area contributed by atoms with Crippen LogP contribution in [0.4, 0.5) is 5.69 Å². The van der Waals surface area contributed by atoms with Crippen LogP contribution in [0, 0.1) is 6.92 Å². The number of aryl methyl sites for hydroxylation is 1. The highest BCUT2D eigenvalue weighted by Gasteiger charge is 2.09. The van der Waals surface area contributed by atoms with Gasteiger partial charge in [0.15, 0.2) is 0 Å². The molecule has 0 aliphatic rings. The second-order valence-electron chi connectivity index (χ2n) is 4.59. The van der Waals surface area contributed by atoms with E-state index in [0.717, 1.165) is 37.1 Å². The summed E-state index contributed by atoms with van der Waals surface area (Å²) < 4.78 is 0. The van der Waals surface area contributed by atoms with E-state index in [0.29, 0.717) is 4.99 Å². The Bertz CT molecular complexity index is 407. The molecule has 0 bridgehead atoms. The van der Waals surface area contributed by atoms with Crippen molar-refractivity contribution in [3.63, 3.8) is 0 Å². The number of hydrogen-bond donors (Lipinski definition) is 2. The highest BCUT2D eigenvalue weighted by molar-refractivity contribution is 7.80. The molecule has 4 heteroatoms. The molecule has 0 aliphatic heterocycles. The number of aliphatic hydroxyl groups excluding tert-OH is 1. The van der Waals surface area contributed by atoms with Gasteiger partial charge in [-0.15, -0.1) is 0 Å². The third-order valence-corrected chi connectivity index (χ3v) is 3.20. The zero-order valence-electron chi connectivity index (χ0n) is 11.1. The summed E-state index contributed by atoms with van der Waals surface area (Å²) >= 11 is 5.08. The summed E-state index contributed by atoms with van der Waals surface area (Å²) in [6, 6.07) is 6.12. The van der Waals surface area contributed by atoms with Crippen LogP contribution in [0.25, 0.3) is 0 Å². The molecule has 0 spiro atoms. The van der Waals surface area contributed by atoms with Crippen molar-refractivity contribution in [1.29, 1.82) is 0 Å². The Kier molecular flexibility index (Phi) is 6.09. The molecule has 0 saturated heterocycles. The lowest BCUT2D eigenvalue weighted by Gasteiger charge is -2.22. The van der Waals surface area contributed by atoms with Crippen LogP contribution in [-0.2, 0) is 0 Å². The summed E-state index contributed by atoms with van der Waals surface area (Å²) in [5.41, 5.74) is 8.97. The number of nitrogens with zero attached hydrogens (tertiary/aromatic N) is 1. The molecular weight excluding hydrogens is 244 g/mol. The summed E-state index contributed by atoms with van der Waals surface area (Å²) in [6.07, 6.45) is 2.96. The van der Waals surface area contributed by atoms with E-state index < -0.39 is 0 Å². The van der Waals surface area contributed by atoms with Gasteiger partial charge in [0.1, 0.15) is 4.99 Å². The Morgan fingerprint density at radius 2 is 2.06 bits per heavy atom. The lowest BCUT2D eigenvalue weighted by Crippen LogP contribution is -2.23. The average molecular weight is 266 g/mol. The molecule has 1 aromatic carbocycles. The van der Waals surface area contributed by atoms with Crippen molar-refractivity contribution >= 4 is 22.9 Å². The van der Waals surface area contributed by atoms with Crippen molar-refractivity contribution in [3.05, 3.63) is 29.3 Å². The van der Waals surface area contributed by atoms with Gasteiger partial charge in [0.2, 0.25) is 0 Å². The highest BCUT2D eigenvalue weighted by atomic mass is 32.1. The summed E-state index contributed by atoms with van der Waals surface area (Å²) in [5, 5.41) is 8.75. The van der Waals surface area contributed by atoms with E-state index >= 15 is 0 Å². The first-order chi connectivity index (χ1) is 8.56. The molecule has 0 radical (unpaired) electrons. The SMILES string of the molecule is Cc1ccc(C(N)=S)c(N(C)CCCCCO)c1. The predicted octanol–water partition coefficient (Wildman–Crippen LogP) is 2.23. The fraction of sp³-hybridized carbons (Fsp3) is 0.500. The Hall–Kier alpha value is -1.13. The number of hydrogen-bond acceptors (Lipinski definition) is 3. The number of rotatable bonds is 7. The fourth-order valence-corrected chi connectivity index (χ4v) is 2.10. The van der Waals surface area contributed by atoms with Crippen molar-refractivity contribution in [2.24, 2.45) is 5.73 Å². The first-order valence-electron chi connectivity index (χ1n) is 6.28. The number of anilines is 1. The van der Waals surface area contributed by atoms with E-state index in [9.17, 15) is 0 Å². The molecule has 0 fully saturated rings. The van der Waals surface area contributed by atoms with Crippen LogP contribution in [0.1, 0.15) is 30.4 Å². The molecule has 100 valence electrons. The van der Waals surface area contributed by atoms with E-state index in [-0.39, 0.29) is 6.61 Å². The zero-order chi connectivity index (χ0) is 13.5. The van der Waals surface area contributed by atoms with Crippen LogP contribution < -0.4 is 10.6 Å². The molecule has 3 nitrogen and oxygen atoms in total. The zero-order valence-corrected chi connectivity index (χ0v) is 12.0. The van der Waals surface area contributed by atoms with Crippen LogP contribution in [0.15, 0.2) is 18.2 Å². The van der Waals surface area contributed by atoms with Gasteiger partial charge < -0.3 is 15.7 Å². The Morgan fingerprint density at radius 1 is 1.33 bits per heavy atom. The number of unbranched alkanes of at least 4 members (excludes halogenated alkanes) is 2.